The highest BCUT2D eigenvalue weighted by molar-refractivity contribution is 5.99. The molecule has 5 N–H and O–H groups in total. The van der Waals surface area contributed by atoms with E-state index in [2.05, 4.69) is 55.0 Å². The van der Waals surface area contributed by atoms with Gasteiger partial charge < -0.3 is 30.7 Å². The zero-order chi connectivity index (χ0) is 46.5. The van der Waals surface area contributed by atoms with E-state index in [4.69, 9.17) is 9.84 Å². The lowest BCUT2D eigenvalue weighted by molar-refractivity contribution is -0.144. The van der Waals surface area contributed by atoms with Crippen molar-refractivity contribution < 1.29 is 42.6 Å². The zero-order valence-corrected chi connectivity index (χ0v) is 38.8. The van der Waals surface area contributed by atoms with E-state index < -0.39 is 54.5 Å². The number of carbonyl (C=O) groups excluding carboxylic acids is 5. The number of hydrazine groups is 1. The molecule has 8 rings (SSSR count). The number of amides is 5. The van der Waals surface area contributed by atoms with Crippen LogP contribution in [0, 0.1) is 34.0 Å². The van der Waals surface area contributed by atoms with Crippen LogP contribution in [0.1, 0.15) is 123 Å². The van der Waals surface area contributed by atoms with Crippen molar-refractivity contribution in [2.75, 3.05) is 53.0 Å². The number of hydrogen-bond donors (Lipinski definition) is 5. The van der Waals surface area contributed by atoms with Crippen LogP contribution in [0.5, 0.6) is 0 Å². The topological polar surface area (TPSA) is 173 Å². The predicted molar refractivity (Wildman–Crippen MR) is 239 cm³/mol. The molecule has 5 amide bonds. The van der Waals surface area contributed by atoms with Gasteiger partial charge in [-0.1, -0.05) is 45.6 Å². The highest BCUT2D eigenvalue weighted by Gasteiger charge is 2.85. The fourth-order valence-electron chi connectivity index (χ4n) is 13.1. The fourth-order valence-corrected chi connectivity index (χ4v) is 13.1. The SMILES string of the molecule is C=C.C=C[C@@H]1C[C@]1(NC(=O)C1CC2(CN1C(=O)[C@H](CC1CCOCC1)NC(=O)C(NC(=O)[C@@H]1CCCN1CC(F)F)C1CCCCC1)C(C)(C)C21CCC1)C(=O)NN1CCCC1.CO. The maximum atomic E-state index is 15.4. The summed E-state index contributed by atoms with van der Waals surface area (Å²) in [5.41, 5.74) is 1.54. The number of nitrogens with one attached hydrogen (secondary N) is 4. The van der Waals surface area contributed by atoms with Crippen LogP contribution in [-0.2, 0) is 28.7 Å². The fraction of sp³-hybridized carbons (Fsp3) is 0.812. The van der Waals surface area contributed by atoms with E-state index >= 15 is 4.79 Å². The molecule has 360 valence electrons. The Balaban J connectivity index is 0.00000165. The summed E-state index contributed by atoms with van der Waals surface area (Å²) in [6, 6.07) is -3.48. The summed E-state index contributed by atoms with van der Waals surface area (Å²) in [6.07, 6.45) is 12.4. The van der Waals surface area contributed by atoms with Crippen molar-refractivity contribution in [3.05, 3.63) is 25.8 Å². The van der Waals surface area contributed by atoms with Crippen molar-refractivity contribution in [2.24, 2.45) is 34.0 Å². The van der Waals surface area contributed by atoms with Crippen molar-refractivity contribution >= 4 is 29.5 Å². The maximum Gasteiger partial charge on any atom is 0.260 e. The molecule has 8 fully saturated rings. The molecule has 0 aromatic rings. The first-order valence-electron chi connectivity index (χ1n) is 24.2. The number of alkyl halides is 2. The largest absolute Gasteiger partial charge is 0.400 e. The van der Waals surface area contributed by atoms with E-state index in [1.165, 1.54) is 4.90 Å². The van der Waals surface area contributed by atoms with Crippen molar-refractivity contribution in [1.82, 2.24) is 36.2 Å². The monoisotopic (exact) mass is 902 g/mol. The minimum atomic E-state index is -2.57. The minimum Gasteiger partial charge on any atom is -0.400 e. The summed E-state index contributed by atoms with van der Waals surface area (Å²) >= 11 is 0. The van der Waals surface area contributed by atoms with Crippen LogP contribution in [0.25, 0.3) is 0 Å². The molecule has 4 heterocycles. The second-order valence-electron chi connectivity index (χ2n) is 20.3. The van der Waals surface area contributed by atoms with Gasteiger partial charge in [0, 0.05) is 51.3 Å². The Morgan fingerprint density at radius 1 is 0.812 bits per heavy atom. The maximum absolute atomic E-state index is 15.4. The molecule has 4 saturated carbocycles. The Morgan fingerprint density at radius 2 is 1.48 bits per heavy atom. The van der Waals surface area contributed by atoms with Gasteiger partial charge in [0.25, 0.3) is 12.3 Å². The first kappa shape index (κ1) is 50.0. The lowest BCUT2D eigenvalue weighted by atomic mass is 9.73. The average molecular weight is 902 g/mol. The summed E-state index contributed by atoms with van der Waals surface area (Å²) in [5, 5.41) is 18.2. The smallest absolute Gasteiger partial charge is 0.260 e. The zero-order valence-electron chi connectivity index (χ0n) is 38.8. The van der Waals surface area contributed by atoms with E-state index in [9.17, 15) is 28.0 Å². The summed E-state index contributed by atoms with van der Waals surface area (Å²) in [5.74, 6) is -2.11. The van der Waals surface area contributed by atoms with Crippen LogP contribution >= 0.6 is 0 Å². The third-order valence-corrected chi connectivity index (χ3v) is 17.1. The van der Waals surface area contributed by atoms with Gasteiger partial charge in [0.1, 0.15) is 23.7 Å². The molecule has 4 aliphatic carbocycles. The number of carbonyl (C=O) groups is 5. The standard InChI is InChI=1S/C45H69F2N7O6.C2H4.CH4O/c1-4-31-25-45(31,41(59)51-53-20-8-9-21-53)50-38(56)34-26-44(42(2,3)43(44)17-11-18-43)28-54(34)40(58)32(24-29-15-22-60-23-16-29)48-39(57)36(30-12-6-5-7-13-30)49-37(55)33-14-10-19-52(33)27-35(46)47;2*1-2/h4,29-36H,1,5-28H2,2-3H3,(H,48,57)(H,49,55)(H,50,56)(H,51,59);1-2H2;2H,1H3/t31-,32+,33+,34?,36?,44?,45-;;/m1../s1. The van der Waals surface area contributed by atoms with Gasteiger partial charge in [-0.2, -0.15) is 0 Å². The molecule has 7 atom stereocenters. The average Bonchev–Trinajstić information content (AvgIpc) is 3.64. The van der Waals surface area contributed by atoms with E-state index in [1.807, 2.05) is 5.01 Å². The van der Waals surface area contributed by atoms with Gasteiger partial charge in [-0.25, -0.2) is 13.8 Å². The van der Waals surface area contributed by atoms with Crippen LogP contribution in [-0.4, -0.2) is 139 Å². The molecular weight excluding hydrogens is 825 g/mol. The third-order valence-electron chi connectivity index (χ3n) is 17.1. The van der Waals surface area contributed by atoms with Gasteiger partial charge in [-0.15, -0.1) is 19.7 Å². The molecule has 4 saturated heterocycles. The molecule has 0 bridgehead atoms. The van der Waals surface area contributed by atoms with E-state index in [0.29, 0.717) is 58.4 Å². The normalized spacial score (nSPS) is 31.7. The van der Waals surface area contributed by atoms with E-state index in [-0.39, 0.29) is 51.7 Å². The molecule has 14 nitrogen and oxygen atoms in total. The highest BCUT2D eigenvalue weighted by Crippen LogP contribution is 2.88. The molecule has 0 aromatic heterocycles. The molecule has 8 aliphatic rings. The summed E-state index contributed by atoms with van der Waals surface area (Å²) < 4.78 is 32.6. The number of aliphatic hydroxyl groups excluding tert-OH is 1. The molecule has 64 heavy (non-hydrogen) atoms. The number of fused-ring (bicyclic) bond motifs is 1. The lowest BCUT2D eigenvalue weighted by Gasteiger charge is -2.35. The van der Waals surface area contributed by atoms with Gasteiger partial charge >= 0.3 is 0 Å². The minimum absolute atomic E-state index is 0.0237. The van der Waals surface area contributed by atoms with Gasteiger partial charge in [0.15, 0.2) is 0 Å². The van der Waals surface area contributed by atoms with E-state index in [1.54, 1.807) is 11.0 Å². The third kappa shape index (κ3) is 9.54. The Hall–Kier alpha value is -3.47. The Kier molecular flexibility index (Phi) is 16.4. The number of hydrogen-bond acceptors (Lipinski definition) is 9. The van der Waals surface area contributed by atoms with Gasteiger partial charge in [-0.05, 0) is 113 Å². The van der Waals surface area contributed by atoms with Crippen molar-refractivity contribution in [3.63, 3.8) is 0 Å². The number of rotatable bonds is 15. The van der Waals surface area contributed by atoms with Gasteiger partial charge in [-0.3, -0.25) is 34.3 Å². The van der Waals surface area contributed by atoms with E-state index in [0.717, 1.165) is 97.2 Å². The quantitative estimate of drug-likeness (QED) is 0.149. The number of likely N-dealkylation sites (tertiary alicyclic amines) is 2. The van der Waals surface area contributed by atoms with Crippen molar-refractivity contribution in [3.8, 4) is 0 Å². The summed E-state index contributed by atoms with van der Waals surface area (Å²) in [7, 11) is 1.00. The Labute approximate surface area is 379 Å². The van der Waals surface area contributed by atoms with Crippen LogP contribution in [0.3, 0.4) is 0 Å². The first-order chi connectivity index (χ1) is 30.8. The first-order valence-corrected chi connectivity index (χ1v) is 24.2. The lowest BCUT2D eigenvalue weighted by Crippen LogP contribution is -2.61. The molecule has 3 unspecified atom stereocenters. The number of halogens is 2. The molecular formula is C48H77F2N7O7. The summed E-state index contributed by atoms with van der Waals surface area (Å²) in [4.78, 5) is 75.9. The Morgan fingerprint density at radius 3 is 2.06 bits per heavy atom. The number of aliphatic hydroxyl groups is 1. The molecule has 2 spiro atoms. The summed E-state index contributed by atoms with van der Waals surface area (Å²) in [6.45, 7) is 17.4. The van der Waals surface area contributed by atoms with Gasteiger partial charge in [0.05, 0.1) is 12.6 Å². The highest BCUT2D eigenvalue weighted by atomic mass is 19.3. The van der Waals surface area contributed by atoms with Crippen LogP contribution in [0.2, 0.25) is 0 Å². The van der Waals surface area contributed by atoms with Crippen LogP contribution in [0.15, 0.2) is 25.8 Å². The van der Waals surface area contributed by atoms with Crippen LogP contribution in [0.4, 0.5) is 8.78 Å². The predicted octanol–water partition coefficient (Wildman–Crippen LogP) is 4.48. The number of ether oxygens (including phenoxy) is 1. The second kappa shape index (κ2) is 21.0. The Bertz CT molecular complexity index is 1680. The van der Waals surface area contributed by atoms with Crippen molar-refractivity contribution in [1.29, 1.82) is 0 Å². The van der Waals surface area contributed by atoms with Crippen LogP contribution < -0.4 is 21.4 Å². The number of nitrogens with zero attached hydrogens (tertiary/aromatic N) is 3. The molecule has 16 heteroatoms. The molecule has 0 radical (unpaired) electrons. The molecule has 4 aliphatic heterocycles. The van der Waals surface area contributed by atoms with Gasteiger partial charge in [0.2, 0.25) is 23.6 Å². The second-order valence-corrected chi connectivity index (χ2v) is 20.3. The van der Waals surface area contributed by atoms with Crippen molar-refractivity contribution in [2.45, 2.75) is 159 Å². The molecule has 0 aromatic carbocycles.